The number of rotatable bonds is 2. The van der Waals surface area contributed by atoms with Gasteiger partial charge < -0.3 is 10.6 Å². The summed E-state index contributed by atoms with van der Waals surface area (Å²) in [5.74, 6) is 0.0701. The van der Waals surface area contributed by atoms with E-state index < -0.39 is 0 Å². The Hall–Kier alpha value is -1.03. The second kappa shape index (κ2) is 4.23. The minimum Gasteiger partial charge on any atom is -0.397 e. The number of carbonyl (C=O) groups excluding carboxylic acids is 1. The molecule has 1 aliphatic heterocycles. The van der Waals surface area contributed by atoms with Crippen LogP contribution in [-0.2, 0) is 0 Å². The van der Waals surface area contributed by atoms with Gasteiger partial charge in [0.25, 0.3) is 0 Å². The Morgan fingerprint density at radius 1 is 1.40 bits per heavy atom. The highest BCUT2D eigenvalue weighted by atomic mass is 32.1. The third kappa shape index (κ3) is 2.15. The molecule has 0 atom stereocenters. The minimum atomic E-state index is 0.0701. The normalized spacial score (nSPS) is 16.7. The molecule has 0 bridgehead atoms. The Morgan fingerprint density at radius 3 is 2.60 bits per heavy atom. The molecule has 1 fully saturated rings. The number of Topliss-reactive ketones (excluding diaryl/α,β-unsaturated/α-hetero) is 1. The first-order valence-electron chi connectivity index (χ1n) is 5.33. The Balaban J connectivity index is 2.21. The van der Waals surface area contributed by atoms with Gasteiger partial charge in [-0.05, 0) is 25.3 Å². The van der Waals surface area contributed by atoms with Gasteiger partial charge in [-0.25, -0.2) is 0 Å². The highest BCUT2D eigenvalue weighted by Crippen LogP contribution is 2.33. The lowest BCUT2D eigenvalue weighted by molar-refractivity contribution is 0.102. The maximum atomic E-state index is 11.3. The smallest absolute Gasteiger partial charge is 0.171 e. The average Bonchev–Trinajstić information content (AvgIpc) is 2.62. The van der Waals surface area contributed by atoms with Crippen LogP contribution in [0.5, 0.6) is 0 Å². The quantitative estimate of drug-likeness (QED) is 0.785. The summed E-state index contributed by atoms with van der Waals surface area (Å²) >= 11 is 1.53. The van der Waals surface area contributed by atoms with Crippen LogP contribution in [0.25, 0.3) is 0 Å². The molecule has 0 spiro atoms. The number of nitrogen functional groups attached to an aromatic ring is 1. The van der Waals surface area contributed by atoms with Gasteiger partial charge in [-0.3, -0.25) is 4.79 Å². The Labute approximate surface area is 93.9 Å². The summed E-state index contributed by atoms with van der Waals surface area (Å²) in [6.45, 7) is 3.76. The van der Waals surface area contributed by atoms with Crippen LogP contribution in [0.1, 0.15) is 35.9 Å². The Kier molecular flexibility index (Phi) is 2.95. The summed E-state index contributed by atoms with van der Waals surface area (Å²) in [6.07, 6.45) is 3.80. The SMILES string of the molecule is CC(=O)c1sc(N2CCCCC2)cc1N. The number of nitrogens with zero attached hydrogens (tertiary/aromatic N) is 1. The summed E-state index contributed by atoms with van der Waals surface area (Å²) < 4.78 is 0. The second-order valence-electron chi connectivity index (χ2n) is 3.97. The van der Waals surface area contributed by atoms with Crippen LogP contribution < -0.4 is 10.6 Å². The van der Waals surface area contributed by atoms with E-state index in [1.807, 2.05) is 6.07 Å². The average molecular weight is 224 g/mol. The van der Waals surface area contributed by atoms with Crippen LogP contribution in [-0.4, -0.2) is 18.9 Å². The van der Waals surface area contributed by atoms with Gasteiger partial charge in [-0.1, -0.05) is 0 Å². The number of hydrogen-bond donors (Lipinski definition) is 1. The summed E-state index contributed by atoms with van der Waals surface area (Å²) in [5.41, 5.74) is 6.44. The maximum Gasteiger partial charge on any atom is 0.171 e. The molecule has 82 valence electrons. The molecule has 0 aliphatic carbocycles. The van der Waals surface area contributed by atoms with Crippen molar-refractivity contribution >= 4 is 27.8 Å². The Bertz CT molecular complexity index is 367. The fourth-order valence-electron chi connectivity index (χ4n) is 1.94. The molecule has 2 heterocycles. The molecule has 0 unspecified atom stereocenters. The Morgan fingerprint density at radius 2 is 2.07 bits per heavy atom. The minimum absolute atomic E-state index is 0.0701. The molecule has 2 rings (SSSR count). The summed E-state index contributed by atoms with van der Waals surface area (Å²) in [5, 5.41) is 1.15. The number of nitrogens with two attached hydrogens (primary N) is 1. The van der Waals surface area contributed by atoms with E-state index in [2.05, 4.69) is 4.90 Å². The van der Waals surface area contributed by atoms with E-state index in [9.17, 15) is 4.79 Å². The van der Waals surface area contributed by atoms with Gasteiger partial charge in [-0.2, -0.15) is 0 Å². The molecule has 15 heavy (non-hydrogen) atoms. The van der Waals surface area contributed by atoms with Crippen LogP contribution in [0.3, 0.4) is 0 Å². The fraction of sp³-hybridized carbons (Fsp3) is 0.545. The van der Waals surface area contributed by atoms with Gasteiger partial charge in [0.1, 0.15) is 0 Å². The van der Waals surface area contributed by atoms with Crippen LogP contribution in [0.2, 0.25) is 0 Å². The molecule has 0 radical (unpaired) electrons. The summed E-state index contributed by atoms with van der Waals surface area (Å²) in [4.78, 5) is 14.3. The standard InChI is InChI=1S/C11H16N2OS/c1-8(14)11-9(12)7-10(15-11)13-5-3-2-4-6-13/h7H,2-6,12H2,1H3. The van der Waals surface area contributed by atoms with E-state index in [1.54, 1.807) is 6.92 Å². The molecule has 1 saturated heterocycles. The highest BCUT2D eigenvalue weighted by Gasteiger charge is 2.16. The summed E-state index contributed by atoms with van der Waals surface area (Å²) in [6, 6.07) is 1.94. The van der Waals surface area contributed by atoms with Crippen LogP contribution in [0, 0.1) is 0 Å². The molecule has 4 heteroatoms. The third-order valence-electron chi connectivity index (χ3n) is 2.74. The van der Waals surface area contributed by atoms with Crippen molar-refractivity contribution in [2.24, 2.45) is 0 Å². The van der Waals surface area contributed by atoms with Crippen molar-refractivity contribution in [1.29, 1.82) is 0 Å². The van der Waals surface area contributed by atoms with Crippen molar-refractivity contribution in [3.8, 4) is 0 Å². The van der Waals surface area contributed by atoms with Crippen molar-refractivity contribution in [3.05, 3.63) is 10.9 Å². The number of thiophene rings is 1. The molecular weight excluding hydrogens is 208 g/mol. The molecule has 1 aromatic heterocycles. The van der Waals surface area contributed by atoms with Crippen LogP contribution in [0.4, 0.5) is 10.7 Å². The number of carbonyl (C=O) groups is 1. The van der Waals surface area contributed by atoms with Crippen LogP contribution >= 0.6 is 11.3 Å². The molecule has 0 aromatic carbocycles. The lowest BCUT2D eigenvalue weighted by Gasteiger charge is -2.26. The second-order valence-corrected chi connectivity index (χ2v) is 5.00. The zero-order valence-corrected chi connectivity index (χ0v) is 9.77. The van der Waals surface area contributed by atoms with Gasteiger partial charge in [0.05, 0.1) is 15.6 Å². The predicted octanol–water partition coefficient (Wildman–Crippen LogP) is 2.52. The molecule has 0 saturated carbocycles. The van der Waals surface area contributed by atoms with Gasteiger partial charge in [-0.15, -0.1) is 11.3 Å². The number of piperidine rings is 1. The zero-order valence-electron chi connectivity index (χ0n) is 8.95. The van der Waals surface area contributed by atoms with E-state index in [-0.39, 0.29) is 5.78 Å². The highest BCUT2D eigenvalue weighted by molar-refractivity contribution is 7.18. The molecule has 3 nitrogen and oxygen atoms in total. The molecule has 1 aliphatic rings. The van der Waals surface area contributed by atoms with Gasteiger partial charge in [0, 0.05) is 20.0 Å². The van der Waals surface area contributed by atoms with Gasteiger partial charge in [0.15, 0.2) is 5.78 Å². The number of anilines is 2. The van der Waals surface area contributed by atoms with E-state index >= 15 is 0 Å². The molecule has 1 aromatic rings. The van der Waals surface area contributed by atoms with Crippen molar-refractivity contribution in [3.63, 3.8) is 0 Å². The van der Waals surface area contributed by atoms with E-state index in [0.717, 1.165) is 18.1 Å². The lowest BCUT2D eigenvalue weighted by atomic mass is 10.1. The van der Waals surface area contributed by atoms with Gasteiger partial charge in [0.2, 0.25) is 0 Å². The zero-order chi connectivity index (χ0) is 10.8. The first-order valence-corrected chi connectivity index (χ1v) is 6.15. The van der Waals surface area contributed by atoms with Crippen LogP contribution in [0.15, 0.2) is 6.07 Å². The first-order chi connectivity index (χ1) is 7.18. The van der Waals surface area contributed by atoms with Crippen molar-refractivity contribution in [2.45, 2.75) is 26.2 Å². The van der Waals surface area contributed by atoms with E-state index in [0.29, 0.717) is 10.6 Å². The number of hydrogen-bond acceptors (Lipinski definition) is 4. The van der Waals surface area contributed by atoms with E-state index in [1.165, 1.54) is 30.6 Å². The number of ketones is 1. The summed E-state index contributed by atoms with van der Waals surface area (Å²) in [7, 11) is 0. The monoisotopic (exact) mass is 224 g/mol. The van der Waals surface area contributed by atoms with Gasteiger partial charge >= 0.3 is 0 Å². The largest absolute Gasteiger partial charge is 0.397 e. The molecule has 2 N–H and O–H groups in total. The third-order valence-corrected chi connectivity index (χ3v) is 4.05. The van der Waals surface area contributed by atoms with Crippen molar-refractivity contribution in [2.75, 3.05) is 23.7 Å². The molecule has 0 amide bonds. The first kappa shape index (κ1) is 10.5. The van der Waals surface area contributed by atoms with Crippen molar-refractivity contribution < 1.29 is 4.79 Å². The fourth-order valence-corrected chi connectivity index (χ4v) is 2.96. The van der Waals surface area contributed by atoms with E-state index in [4.69, 9.17) is 5.73 Å². The predicted molar refractivity (Wildman–Crippen MR) is 64.8 cm³/mol. The topological polar surface area (TPSA) is 46.3 Å². The molecular formula is C11H16N2OS. The maximum absolute atomic E-state index is 11.3. The lowest BCUT2D eigenvalue weighted by Crippen LogP contribution is -2.28. The van der Waals surface area contributed by atoms with Crippen molar-refractivity contribution in [1.82, 2.24) is 0 Å².